The Morgan fingerprint density at radius 1 is 0.650 bits per heavy atom. The van der Waals surface area contributed by atoms with E-state index >= 15 is 0 Å². The largest absolute Gasteiger partial charge is 0.460 e. The molecule has 0 spiro atoms. The van der Waals surface area contributed by atoms with Gasteiger partial charge < -0.3 is 29.4 Å². The van der Waals surface area contributed by atoms with Crippen molar-refractivity contribution in [3.05, 3.63) is 131 Å². The molecule has 5 rings (SSSR count). The molecule has 0 bridgehead atoms. The molecule has 0 radical (unpaired) electrons. The number of anilines is 1. The minimum atomic E-state index is -0.808. The summed E-state index contributed by atoms with van der Waals surface area (Å²) in [7, 11) is 0. The second-order valence-electron chi connectivity index (χ2n) is 9.80. The maximum atomic E-state index is 6.60. The third kappa shape index (κ3) is 7.42. The minimum Gasteiger partial charge on any atom is -0.460 e. The summed E-state index contributed by atoms with van der Waals surface area (Å²) in [6, 6.07) is 35.2. The van der Waals surface area contributed by atoms with Crippen molar-refractivity contribution in [1.29, 1.82) is 0 Å². The van der Waals surface area contributed by atoms with Crippen LogP contribution in [-0.4, -0.2) is 30.7 Å². The van der Waals surface area contributed by atoms with E-state index in [1.807, 2.05) is 97.9 Å². The van der Waals surface area contributed by atoms with Gasteiger partial charge in [-0.1, -0.05) is 103 Å². The molecule has 0 aromatic heterocycles. The first-order chi connectivity index (χ1) is 19.6. The van der Waals surface area contributed by atoms with Gasteiger partial charge in [-0.2, -0.15) is 0 Å². The SMILES string of the molecule is C[C@@H]1O[C@@H](Oc2ccc(N)cc2Cl)[C@@H](OCc2ccccc2)[C@H](OCc2ccccc2)[C@@H]1OCc1ccccc1. The number of ether oxygens (including phenoxy) is 5. The average molecular weight is 560 g/mol. The molecule has 1 aliphatic rings. The summed E-state index contributed by atoms with van der Waals surface area (Å²) in [6.07, 6.45) is -2.73. The summed E-state index contributed by atoms with van der Waals surface area (Å²) in [5, 5.41) is 0.391. The smallest absolute Gasteiger partial charge is 0.229 e. The van der Waals surface area contributed by atoms with Crippen LogP contribution in [0.3, 0.4) is 0 Å². The summed E-state index contributed by atoms with van der Waals surface area (Å²) < 4.78 is 32.4. The molecule has 1 fully saturated rings. The van der Waals surface area contributed by atoms with E-state index in [0.29, 0.717) is 36.3 Å². The quantitative estimate of drug-likeness (QED) is 0.204. The van der Waals surface area contributed by atoms with Crippen molar-refractivity contribution < 1.29 is 23.7 Å². The van der Waals surface area contributed by atoms with Crippen LogP contribution in [0, 0.1) is 0 Å². The van der Waals surface area contributed by atoms with Crippen LogP contribution < -0.4 is 10.5 Å². The molecule has 0 amide bonds. The van der Waals surface area contributed by atoms with Crippen molar-refractivity contribution in [2.45, 2.75) is 57.5 Å². The molecule has 2 N–H and O–H groups in total. The molecule has 40 heavy (non-hydrogen) atoms. The van der Waals surface area contributed by atoms with Crippen molar-refractivity contribution in [3.63, 3.8) is 0 Å². The summed E-state index contributed by atoms with van der Waals surface area (Å²) in [5.41, 5.74) is 9.58. The first-order valence-electron chi connectivity index (χ1n) is 13.4. The van der Waals surface area contributed by atoms with Gasteiger partial charge in [-0.25, -0.2) is 0 Å². The fourth-order valence-electron chi connectivity index (χ4n) is 4.70. The Morgan fingerprint density at radius 3 is 1.62 bits per heavy atom. The Kier molecular flexibility index (Phi) is 9.71. The molecule has 208 valence electrons. The maximum Gasteiger partial charge on any atom is 0.229 e. The molecule has 0 unspecified atom stereocenters. The van der Waals surface area contributed by atoms with Gasteiger partial charge in [0.15, 0.2) is 0 Å². The second-order valence-corrected chi connectivity index (χ2v) is 10.2. The normalized spacial score (nSPS) is 22.6. The van der Waals surface area contributed by atoms with Crippen LogP contribution in [0.15, 0.2) is 109 Å². The van der Waals surface area contributed by atoms with Crippen molar-refractivity contribution in [3.8, 4) is 5.75 Å². The lowest BCUT2D eigenvalue weighted by Gasteiger charge is -2.45. The Labute approximate surface area is 240 Å². The van der Waals surface area contributed by atoms with Gasteiger partial charge in [-0.3, -0.25) is 0 Å². The molecule has 0 saturated carbocycles. The molecule has 4 aromatic rings. The summed E-state index contributed by atoms with van der Waals surface area (Å²) in [4.78, 5) is 0. The molecule has 5 atom stereocenters. The van der Waals surface area contributed by atoms with E-state index in [2.05, 4.69) is 0 Å². The van der Waals surface area contributed by atoms with Gasteiger partial charge in [0.25, 0.3) is 0 Å². The van der Waals surface area contributed by atoms with Gasteiger partial charge in [0, 0.05) is 5.69 Å². The monoisotopic (exact) mass is 559 g/mol. The standard InChI is InChI=1S/C33H34ClNO5/c1-23-30(36-20-24-11-5-2-6-12-24)31(37-21-25-13-7-3-8-14-25)32(38-22-26-15-9-4-10-16-26)33(39-23)40-29-18-17-27(35)19-28(29)34/h2-19,23,30-33H,20-22,35H2,1H3/t23-,30+,31+,32-,33-/m0/s1. The van der Waals surface area contributed by atoms with E-state index in [4.69, 9.17) is 41.0 Å². The van der Waals surface area contributed by atoms with Crippen LogP contribution >= 0.6 is 11.6 Å². The van der Waals surface area contributed by atoms with E-state index in [9.17, 15) is 0 Å². The zero-order valence-corrected chi connectivity index (χ0v) is 23.2. The predicted molar refractivity (Wildman–Crippen MR) is 156 cm³/mol. The van der Waals surface area contributed by atoms with Gasteiger partial charge in [-0.05, 0) is 41.8 Å². The number of benzene rings is 4. The molecule has 4 aromatic carbocycles. The fourth-order valence-corrected chi connectivity index (χ4v) is 4.94. The summed E-state index contributed by atoms with van der Waals surface area (Å²) in [6.45, 7) is 3.09. The van der Waals surface area contributed by atoms with Crippen LogP contribution in [0.1, 0.15) is 23.6 Å². The summed E-state index contributed by atoms with van der Waals surface area (Å²) >= 11 is 6.47. The number of nitrogens with two attached hydrogens (primary N) is 1. The Hall–Kier alpha value is -3.39. The van der Waals surface area contributed by atoms with E-state index in [0.717, 1.165) is 16.7 Å². The van der Waals surface area contributed by atoms with Crippen LogP contribution in [0.5, 0.6) is 5.75 Å². The average Bonchev–Trinajstić information content (AvgIpc) is 2.98. The number of nitrogen functional groups attached to an aromatic ring is 1. The van der Waals surface area contributed by atoms with Gasteiger partial charge >= 0.3 is 0 Å². The van der Waals surface area contributed by atoms with Crippen LogP contribution in [0.25, 0.3) is 0 Å². The fraction of sp³-hybridized carbons (Fsp3) is 0.273. The molecular weight excluding hydrogens is 526 g/mol. The van der Waals surface area contributed by atoms with Gasteiger partial charge in [-0.15, -0.1) is 0 Å². The Morgan fingerprint density at radius 2 is 1.12 bits per heavy atom. The lowest BCUT2D eigenvalue weighted by Crippen LogP contribution is -2.60. The van der Waals surface area contributed by atoms with Crippen molar-refractivity contribution in [2.24, 2.45) is 0 Å². The first kappa shape index (κ1) is 28.1. The minimum absolute atomic E-state index is 0.342. The molecule has 7 heteroatoms. The molecule has 1 aliphatic heterocycles. The highest BCUT2D eigenvalue weighted by atomic mass is 35.5. The molecular formula is C33H34ClNO5. The number of halogens is 1. The van der Waals surface area contributed by atoms with E-state index < -0.39 is 24.6 Å². The number of rotatable bonds is 11. The summed E-state index contributed by atoms with van der Waals surface area (Å²) in [5.74, 6) is 0.451. The van der Waals surface area contributed by atoms with Gasteiger partial charge in [0.2, 0.25) is 6.29 Å². The Bertz CT molecular complexity index is 1320. The number of hydrogen-bond donors (Lipinski definition) is 1. The van der Waals surface area contributed by atoms with Crippen LogP contribution in [-0.2, 0) is 38.8 Å². The lowest BCUT2D eigenvalue weighted by atomic mass is 9.98. The first-order valence-corrected chi connectivity index (χ1v) is 13.8. The highest BCUT2D eigenvalue weighted by Crippen LogP contribution is 2.34. The zero-order valence-electron chi connectivity index (χ0n) is 22.4. The predicted octanol–water partition coefficient (Wildman–Crippen LogP) is 6.80. The second kappa shape index (κ2) is 13.8. The topological polar surface area (TPSA) is 72.2 Å². The van der Waals surface area contributed by atoms with E-state index in [1.165, 1.54) is 0 Å². The highest BCUT2D eigenvalue weighted by molar-refractivity contribution is 6.32. The van der Waals surface area contributed by atoms with Crippen LogP contribution in [0.2, 0.25) is 5.02 Å². The number of hydrogen-bond acceptors (Lipinski definition) is 6. The van der Waals surface area contributed by atoms with Crippen molar-refractivity contribution >= 4 is 17.3 Å². The molecule has 1 heterocycles. The van der Waals surface area contributed by atoms with Crippen LogP contribution in [0.4, 0.5) is 5.69 Å². The van der Waals surface area contributed by atoms with Gasteiger partial charge in [0.05, 0.1) is 30.9 Å². The van der Waals surface area contributed by atoms with Gasteiger partial charge in [0.1, 0.15) is 24.1 Å². The van der Waals surface area contributed by atoms with Crippen molar-refractivity contribution in [1.82, 2.24) is 0 Å². The third-order valence-corrected chi connectivity index (χ3v) is 7.08. The maximum absolute atomic E-state index is 6.60. The molecule has 0 aliphatic carbocycles. The Balaban J connectivity index is 1.43. The lowest BCUT2D eigenvalue weighted by molar-refractivity contribution is -0.300. The third-order valence-electron chi connectivity index (χ3n) is 6.78. The molecule has 6 nitrogen and oxygen atoms in total. The zero-order chi connectivity index (χ0) is 27.7. The molecule has 1 saturated heterocycles. The van der Waals surface area contributed by atoms with E-state index in [1.54, 1.807) is 18.2 Å². The highest BCUT2D eigenvalue weighted by Gasteiger charge is 2.48. The van der Waals surface area contributed by atoms with E-state index in [-0.39, 0.29) is 6.10 Å². The van der Waals surface area contributed by atoms with Crippen molar-refractivity contribution in [2.75, 3.05) is 5.73 Å².